The Morgan fingerprint density at radius 1 is 1.29 bits per heavy atom. The minimum Gasteiger partial charge on any atom is -0.444 e. The fourth-order valence-electron chi connectivity index (χ4n) is 1.57. The number of hydrogen-bond acceptors (Lipinski definition) is 3. The standard InChI is InChI=1S/C13H15BrN2O/c1-8-5-4-6-11(13(8)14)15-7-12-16-9(2)10(3)17-12/h4-6,15H,7H2,1-3H3. The topological polar surface area (TPSA) is 38.1 Å². The maximum Gasteiger partial charge on any atom is 0.213 e. The molecule has 0 spiro atoms. The van der Waals surface area contributed by atoms with Crippen LogP contribution in [0.3, 0.4) is 0 Å². The van der Waals surface area contributed by atoms with Gasteiger partial charge in [0.05, 0.1) is 12.2 Å². The zero-order valence-corrected chi connectivity index (χ0v) is 11.8. The Kier molecular flexibility index (Phi) is 3.52. The van der Waals surface area contributed by atoms with E-state index in [1.807, 2.05) is 26.0 Å². The molecule has 90 valence electrons. The summed E-state index contributed by atoms with van der Waals surface area (Å²) in [7, 11) is 0. The van der Waals surface area contributed by atoms with Gasteiger partial charge in [-0.15, -0.1) is 0 Å². The highest BCUT2D eigenvalue weighted by Gasteiger charge is 2.06. The molecule has 0 aliphatic heterocycles. The van der Waals surface area contributed by atoms with Crippen molar-refractivity contribution in [2.24, 2.45) is 0 Å². The summed E-state index contributed by atoms with van der Waals surface area (Å²) in [5.41, 5.74) is 3.21. The third-order valence-electron chi connectivity index (χ3n) is 2.69. The molecule has 4 heteroatoms. The Morgan fingerprint density at radius 3 is 2.71 bits per heavy atom. The monoisotopic (exact) mass is 294 g/mol. The van der Waals surface area contributed by atoms with E-state index in [0.29, 0.717) is 12.4 Å². The molecule has 1 aromatic heterocycles. The Morgan fingerprint density at radius 2 is 2.06 bits per heavy atom. The van der Waals surface area contributed by atoms with Gasteiger partial charge in [0.25, 0.3) is 0 Å². The normalized spacial score (nSPS) is 10.6. The fraction of sp³-hybridized carbons (Fsp3) is 0.308. The lowest BCUT2D eigenvalue weighted by Crippen LogP contribution is -2.00. The first kappa shape index (κ1) is 12.2. The van der Waals surface area contributed by atoms with Crippen molar-refractivity contribution in [3.63, 3.8) is 0 Å². The number of aromatic nitrogens is 1. The molecule has 0 radical (unpaired) electrons. The van der Waals surface area contributed by atoms with E-state index in [9.17, 15) is 0 Å². The summed E-state index contributed by atoms with van der Waals surface area (Å²) in [5.74, 6) is 1.60. The summed E-state index contributed by atoms with van der Waals surface area (Å²) < 4.78 is 6.60. The molecule has 0 saturated heterocycles. The number of nitrogens with zero attached hydrogens (tertiary/aromatic N) is 1. The van der Waals surface area contributed by atoms with Crippen LogP contribution in [0.1, 0.15) is 22.9 Å². The van der Waals surface area contributed by atoms with Crippen LogP contribution in [-0.4, -0.2) is 4.98 Å². The SMILES string of the molecule is Cc1cccc(NCc2nc(C)c(C)o2)c1Br. The highest BCUT2D eigenvalue weighted by atomic mass is 79.9. The van der Waals surface area contributed by atoms with Gasteiger partial charge >= 0.3 is 0 Å². The van der Waals surface area contributed by atoms with Crippen molar-refractivity contribution >= 4 is 21.6 Å². The molecule has 2 aromatic rings. The molecule has 2 rings (SSSR count). The van der Waals surface area contributed by atoms with Crippen LogP contribution in [0.5, 0.6) is 0 Å². The molecule has 1 aromatic carbocycles. The van der Waals surface area contributed by atoms with Gasteiger partial charge in [-0.05, 0) is 48.3 Å². The third kappa shape index (κ3) is 2.69. The second kappa shape index (κ2) is 4.92. The number of rotatable bonds is 3. The van der Waals surface area contributed by atoms with Crippen LogP contribution in [0.2, 0.25) is 0 Å². The van der Waals surface area contributed by atoms with Gasteiger partial charge in [-0.3, -0.25) is 0 Å². The minimum atomic E-state index is 0.594. The van der Waals surface area contributed by atoms with E-state index in [1.54, 1.807) is 0 Å². The fourth-order valence-corrected chi connectivity index (χ4v) is 1.97. The Balaban J connectivity index is 2.10. The zero-order valence-electron chi connectivity index (χ0n) is 10.2. The highest BCUT2D eigenvalue weighted by Crippen LogP contribution is 2.26. The first-order valence-electron chi connectivity index (χ1n) is 5.50. The van der Waals surface area contributed by atoms with E-state index in [1.165, 1.54) is 5.56 Å². The highest BCUT2D eigenvalue weighted by molar-refractivity contribution is 9.10. The second-order valence-corrected chi connectivity index (χ2v) is 4.83. The van der Waals surface area contributed by atoms with E-state index in [4.69, 9.17) is 4.42 Å². The van der Waals surface area contributed by atoms with Crippen LogP contribution in [0.25, 0.3) is 0 Å². The molecule has 0 fully saturated rings. The van der Waals surface area contributed by atoms with E-state index in [2.05, 4.69) is 39.2 Å². The van der Waals surface area contributed by atoms with Gasteiger partial charge < -0.3 is 9.73 Å². The van der Waals surface area contributed by atoms with Crippen molar-refractivity contribution in [2.75, 3.05) is 5.32 Å². The van der Waals surface area contributed by atoms with E-state index < -0.39 is 0 Å². The van der Waals surface area contributed by atoms with Gasteiger partial charge in [0.1, 0.15) is 5.76 Å². The van der Waals surface area contributed by atoms with Crippen molar-refractivity contribution < 1.29 is 4.42 Å². The first-order valence-corrected chi connectivity index (χ1v) is 6.29. The molecule has 0 bridgehead atoms. The van der Waals surface area contributed by atoms with Crippen LogP contribution in [0.15, 0.2) is 27.1 Å². The second-order valence-electron chi connectivity index (χ2n) is 4.04. The number of nitrogens with one attached hydrogen (secondary N) is 1. The number of anilines is 1. The number of aryl methyl sites for hydroxylation is 3. The summed E-state index contributed by atoms with van der Waals surface area (Å²) in [6.45, 7) is 6.53. The zero-order chi connectivity index (χ0) is 12.4. The number of oxazole rings is 1. The van der Waals surface area contributed by atoms with E-state index in [-0.39, 0.29) is 0 Å². The Hall–Kier alpha value is -1.29. The van der Waals surface area contributed by atoms with Crippen LogP contribution in [-0.2, 0) is 6.54 Å². The summed E-state index contributed by atoms with van der Waals surface area (Å²) in [4.78, 5) is 4.33. The van der Waals surface area contributed by atoms with Gasteiger partial charge in [-0.1, -0.05) is 12.1 Å². The summed E-state index contributed by atoms with van der Waals surface area (Å²) in [6, 6.07) is 6.11. The molecule has 3 nitrogen and oxygen atoms in total. The lowest BCUT2D eigenvalue weighted by atomic mass is 10.2. The molecule has 0 unspecified atom stereocenters. The summed E-state index contributed by atoms with van der Waals surface area (Å²) in [6.07, 6.45) is 0. The molecule has 17 heavy (non-hydrogen) atoms. The minimum absolute atomic E-state index is 0.594. The third-order valence-corrected chi connectivity index (χ3v) is 3.75. The van der Waals surface area contributed by atoms with Crippen LogP contribution in [0, 0.1) is 20.8 Å². The lowest BCUT2D eigenvalue weighted by Gasteiger charge is -2.08. The van der Waals surface area contributed by atoms with Gasteiger partial charge in [0, 0.05) is 10.2 Å². The maximum atomic E-state index is 5.52. The molecule has 1 heterocycles. The molecule has 1 N–H and O–H groups in total. The molecular weight excluding hydrogens is 280 g/mol. The lowest BCUT2D eigenvalue weighted by molar-refractivity contribution is 0.478. The Labute approximate surface area is 109 Å². The van der Waals surface area contributed by atoms with Gasteiger partial charge in [0.2, 0.25) is 5.89 Å². The summed E-state index contributed by atoms with van der Waals surface area (Å²) >= 11 is 3.56. The van der Waals surface area contributed by atoms with Crippen LogP contribution in [0.4, 0.5) is 5.69 Å². The van der Waals surface area contributed by atoms with Crippen molar-refractivity contribution in [3.05, 3.63) is 45.6 Å². The molecule has 0 amide bonds. The predicted molar refractivity (Wildman–Crippen MR) is 72.2 cm³/mol. The van der Waals surface area contributed by atoms with Crippen molar-refractivity contribution in [1.29, 1.82) is 0 Å². The number of halogens is 1. The van der Waals surface area contributed by atoms with Crippen molar-refractivity contribution in [1.82, 2.24) is 4.98 Å². The van der Waals surface area contributed by atoms with E-state index in [0.717, 1.165) is 21.6 Å². The van der Waals surface area contributed by atoms with Gasteiger partial charge in [0.15, 0.2) is 0 Å². The van der Waals surface area contributed by atoms with Gasteiger partial charge in [-0.25, -0.2) is 4.98 Å². The smallest absolute Gasteiger partial charge is 0.213 e. The van der Waals surface area contributed by atoms with Crippen LogP contribution >= 0.6 is 15.9 Å². The average molecular weight is 295 g/mol. The molecule has 0 aliphatic rings. The molecule has 0 atom stereocenters. The number of hydrogen-bond donors (Lipinski definition) is 1. The largest absolute Gasteiger partial charge is 0.444 e. The van der Waals surface area contributed by atoms with Gasteiger partial charge in [-0.2, -0.15) is 0 Å². The molecule has 0 saturated carbocycles. The van der Waals surface area contributed by atoms with E-state index >= 15 is 0 Å². The van der Waals surface area contributed by atoms with Crippen LogP contribution < -0.4 is 5.32 Å². The Bertz CT molecular complexity index is 515. The number of benzene rings is 1. The first-order chi connectivity index (χ1) is 8.08. The van der Waals surface area contributed by atoms with Crippen molar-refractivity contribution in [3.8, 4) is 0 Å². The molecular formula is C13H15BrN2O. The molecule has 0 aliphatic carbocycles. The average Bonchev–Trinajstić information content (AvgIpc) is 2.61. The predicted octanol–water partition coefficient (Wildman–Crippen LogP) is 3.97. The maximum absolute atomic E-state index is 5.52. The quantitative estimate of drug-likeness (QED) is 0.931. The van der Waals surface area contributed by atoms with Crippen molar-refractivity contribution in [2.45, 2.75) is 27.3 Å². The summed E-state index contributed by atoms with van der Waals surface area (Å²) in [5, 5.41) is 3.31.